The molecular weight excluding hydrogens is 399 g/mol. The average Bonchev–Trinajstić information content (AvgIpc) is 2.39. The lowest BCUT2D eigenvalue weighted by Gasteiger charge is -2.09. The van der Waals surface area contributed by atoms with E-state index in [4.69, 9.17) is 0 Å². The maximum absolute atomic E-state index is 3.63. The van der Waals surface area contributed by atoms with E-state index in [2.05, 4.69) is 93.1 Å². The molecule has 3 aromatic rings. The first kappa shape index (κ1) is 12.2. The highest BCUT2D eigenvalue weighted by Gasteiger charge is 2.07. The average molecular weight is 409 g/mol. The summed E-state index contributed by atoms with van der Waals surface area (Å²) in [6.07, 6.45) is 0. The molecule has 0 aliphatic heterocycles. The third-order valence-corrected chi connectivity index (χ3v) is 4.58. The monoisotopic (exact) mass is 408 g/mol. The molecule has 0 saturated heterocycles. The van der Waals surface area contributed by atoms with Crippen molar-refractivity contribution in [1.29, 1.82) is 0 Å². The molecule has 0 unspecified atom stereocenters. The van der Waals surface area contributed by atoms with Crippen LogP contribution < -0.4 is 0 Å². The lowest BCUT2D eigenvalue weighted by molar-refractivity contribution is 1.58. The van der Waals surface area contributed by atoms with Crippen molar-refractivity contribution < 1.29 is 0 Å². The van der Waals surface area contributed by atoms with Gasteiger partial charge in [-0.2, -0.15) is 0 Å². The van der Waals surface area contributed by atoms with E-state index in [-0.39, 0.29) is 0 Å². The van der Waals surface area contributed by atoms with E-state index < -0.39 is 0 Å². The van der Waals surface area contributed by atoms with Crippen molar-refractivity contribution in [2.24, 2.45) is 0 Å². The molecule has 0 radical (unpaired) electrons. The van der Waals surface area contributed by atoms with Crippen LogP contribution in [-0.2, 0) is 0 Å². The van der Waals surface area contributed by atoms with Gasteiger partial charge in [0.15, 0.2) is 0 Å². The fourth-order valence-corrected chi connectivity index (χ4v) is 3.38. The molecule has 0 atom stereocenters. The molecule has 0 N–H and O–H groups in total. The van der Waals surface area contributed by atoms with Gasteiger partial charge in [0.25, 0.3) is 0 Å². The van der Waals surface area contributed by atoms with Crippen LogP contribution in [0.5, 0.6) is 0 Å². The molecule has 0 heterocycles. The van der Waals surface area contributed by atoms with Crippen molar-refractivity contribution in [3.8, 4) is 11.1 Å². The molecule has 0 aromatic heterocycles. The lowest BCUT2D eigenvalue weighted by Crippen LogP contribution is -1.85. The zero-order chi connectivity index (χ0) is 12.5. The smallest absolute Gasteiger partial charge is 0.0254 e. The predicted molar refractivity (Wildman–Crippen MR) is 89.8 cm³/mol. The lowest BCUT2D eigenvalue weighted by atomic mass is 10.0. The molecule has 0 saturated carbocycles. The summed E-state index contributed by atoms with van der Waals surface area (Å²) in [6, 6.07) is 21.3. The Hall–Kier alpha value is -0.870. The van der Waals surface area contributed by atoms with Gasteiger partial charge in [0, 0.05) is 8.04 Å². The van der Waals surface area contributed by atoms with Crippen molar-refractivity contribution in [2.75, 3.05) is 0 Å². The van der Waals surface area contributed by atoms with E-state index in [1.165, 1.54) is 25.5 Å². The third kappa shape index (κ3) is 2.19. The maximum Gasteiger partial charge on any atom is 0.0254 e. The van der Waals surface area contributed by atoms with Gasteiger partial charge >= 0.3 is 0 Å². The second-order valence-corrected chi connectivity index (χ2v) is 6.18. The van der Waals surface area contributed by atoms with E-state index >= 15 is 0 Å². The third-order valence-electron chi connectivity index (χ3n) is 3.00. The number of hydrogen-bond donors (Lipinski definition) is 0. The van der Waals surface area contributed by atoms with Gasteiger partial charge in [-0.25, -0.2) is 0 Å². The normalized spacial score (nSPS) is 10.8. The van der Waals surface area contributed by atoms with Gasteiger partial charge < -0.3 is 0 Å². The minimum Gasteiger partial charge on any atom is -0.0616 e. The molecule has 88 valence electrons. The van der Waals surface area contributed by atoms with E-state index in [1.807, 2.05) is 6.07 Å². The summed E-state index contributed by atoms with van der Waals surface area (Å²) in [5.74, 6) is 0. The van der Waals surface area contributed by atoms with E-state index in [0.717, 1.165) is 4.47 Å². The minimum absolute atomic E-state index is 1.14. The fourth-order valence-electron chi connectivity index (χ4n) is 2.10. The molecule has 3 rings (SSSR count). The Bertz CT molecular complexity index is 719. The van der Waals surface area contributed by atoms with Gasteiger partial charge in [0.2, 0.25) is 0 Å². The highest BCUT2D eigenvalue weighted by Crippen LogP contribution is 2.34. The molecule has 0 aliphatic carbocycles. The van der Waals surface area contributed by atoms with Crippen molar-refractivity contribution >= 4 is 49.3 Å². The molecule has 0 nitrogen and oxygen atoms in total. The van der Waals surface area contributed by atoms with Gasteiger partial charge in [-0.05, 0) is 62.7 Å². The zero-order valence-corrected chi connectivity index (χ0v) is 13.3. The van der Waals surface area contributed by atoms with Crippen LogP contribution in [0, 0.1) is 3.57 Å². The minimum atomic E-state index is 1.14. The van der Waals surface area contributed by atoms with Crippen LogP contribution in [0.15, 0.2) is 65.1 Å². The number of halogens is 2. The summed E-state index contributed by atoms with van der Waals surface area (Å²) in [5, 5.41) is 2.57. The van der Waals surface area contributed by atoms with Crippen LogP contribution in [0.2, 0.25) is 0 Å². The Balaban J connectivity index is 2.30. The number of rotatable bonds is 1. The van der Waals surface area contributed by atoms with Crippen LogP contribution in [-0.4, -0.2) is 0 Å². The number of fused-ring (bicyclic) bond motifs is 1. The fraction of sp³-hybridized carbons (Fsp3) is 0. The molecule has 0 aliphatic rings. The van der Waals surface area contributed by atoms with Crippen LogP contribution >= 0.6 is 38.5 Å². The number of hydrogen-bond acceptors (Lipinski definition) is 0. The second kappa shape index (κ2) is 5.02. The largest absolute Gasteiger partial charge is 0.0616 e. The van der Waals surface area contributed by atoms with Crippen molar-refractivity contribution in [3.63, 3.8) is 0 Å². The highest BCUT2D eigenvalue weighted by atomic mass is 127. The van der Waals surface area contributed by atoms with Crippen LogP contribution in [0.3, 0.4) is 0 Å². The first-order valence-electron chi connectivity index (χ1n) is 5.69. The molecular formula is C16H10BrI. The van der Waals surface area contributed by atoms with E-state index in [9.17, 15) is 0 Å². The van der Waals surface area contributed by atoms with E-state index in [0.29, 0.717) is 0 Å². The van der Waals surface area contributed by atoms with Crippen LogP contribution in [0.4, 0.5) is 0 Å². The summed E-state index contributed by atoms with van der Waals surface area (Å²) >= 11 is 6.04. The Labute approximate surface area is 128 Å². The van der Waals surface area contributed by atoms with Crippen LogP contribution in [0.25, 0.3) is 21.9 Å². The summed E-state index contributed by atoms with van der Waals surface area (Å²) in [5.41, 5.74) is 2.52. The Morgan fingerprint density at radius 1 is 0.722 bits per heavy atom. The second-order valence-electron chi connectivity index (χ2n) is 4.16. The summed E-state index contributed by atoms with van der Waals surface area (Å²) in [4.78, 5) is 0. The molecule has 0 spiro atoms. The summed E-state index contributed by atoms with van der Waals surface area (Å²) in [6.45, 7) is 0. The summed E-state index contributed by atoms with van der Waals surface area (Å²) in [7, 11) is 0. The van der Waals surface area contributed by atoms with Gasteiger partial charge in [-0.15, -0.1) is 0 Å². The maximum atomic E-state index is 3.63. The van der Waals surface area contributed by atoms with Gasteiger partial charge in [0.1, 0.15) is 0 Å². The van der Waals surface area contributed by atoms with Gasteiger partial charge in [-0.1, -0.05) is 58.4 Å². The number of benzene rings is 3. The van der Waals surface area contributed by atoms with Crippen LogP contribution in [0.1, 0.15) is 0 Å². The molecule has 0 bridgehead atoms. The zero-order valence-electron chi connectivity index (χ0n) is 9.53. The van der Waals surface area contributed by atoms with Gasteiger partial charge in [0.05, 0.1) is 0 Å². The summed E-state index contributed by atoms with van der Waals surface area (Å²) < 4.78 is 2.41. The Morgan fingerprint density at radius 2 is 1.33 bits per heavy atom. The van der Waals surface area contributed by atoms with Crippen molar-refractivity contribution in [1.82, 2.24) is 0 Å². The molecule has 2 heteroatoms. The molecule has 3 aromatic carbocycles. The van der Waals surface area contributed by atoms with Gasteiger partial charge in [-0.3, -0.25) is 0 Å². The highest BCUT2D eigenvalue weighted by molar-refractivity contribution is 14.1. The molecule has 0 fully saturated rings. The first-order chi connectivity index (χ1) is 8.75. The predicted octanol–water partition coefficient (Wildman–Crippen LogP) is 5.87. The Kier molecular flexibility index (Phi) is 3.39. The molecule has 0 amide bonds. The standard InChI is InChI=1S/C16H10BrI/c17-15-8-4-3-7-13(15)14-9-11-5-1-2-6-12(11)10-16(14)18/h1-10H. The molecule has 18 heavy (non-hydrogen) atoms. The quantitative estimate of drug-likeness (QED) is 0.441. The topological polar surface area (TPSA) is 0 Å². The van der Waals surface area contributed by atoms with E-state index in [1.54, 1.807) is 0 Å². The van der Waals surface area contributed by atoms with Crippen molar-refractivity contribution in [2.45, 2.75) is 0 Å². The first-order valence-corrected chi connectivity index (χ1v) is 7.56. The Morgan fingerprint density at radius 3 is 2.06 bits per heavy atom. The SMILES string of the molecule is Brc1ccccc1-c1cc2ccccc2cc1I. The van der Waals surface area contributed by atoms with Crippen molar-refractivity contribution in [3.05, 3.63) is 68.7 Å².